The van der Waals surface area contributed by atoms with Crippen molar-refractivity contribution in [3.8, 4) is 34.0 Å². The van der Waals surface area contributed by atoms with Crippen molar-refractivity contribution in [3.63, 3.8) is 0 Å². The van der Waals surface area contributed by atoms with Gasteiger partial charge in [0.25, 0.3) is 0 Å². The Kier molecular flexibility index (Phi) is 7.43. The van der Waals surface area contributed by atoms with Gasteiger partial charge in [-0.05, 0) is 0 Å². The Hall–Kier alpha value is -7.28. The molecule has 3 heterocycles. The number of fused-ring (bicyclic) bond motifs is 4. The molecule has 0 bridgehead atoms. The molecule has 56 heavy (non-hydrogen) atoms. The number of anilines is 3. The summed E-state index contributed by atoms with van der Waals surface area (Å²) in [6, 6.07) is 70.5. The van der Waals surface area contributed by atoms with E-state index in [2.05, 4.69) is 126 Å². The number of hydrogen-bond acceptors (Lipinski definition) is 5. The number of rotatable bonds is 6. The van der Waals surface area contributed by atoms with Gasteiger partial charge in [-0.1, -0.05) is 0 Å². The Labute approximate surface area is 324 Å². The number of para-hydroxylation sites is 2. The van der Waals surface area contributed by atoms with Gasteiger partial charge in [-0.15, -0.1) is 0 Å². The van der Waals surface area contributed by atoms with E-state index in [4.69, 9.17) is 18.8 Å². The molecule has 0 amide bonds. The van der Waals surface area contributed by atoms with Gasteiger partial charge in [0.05, 0.1) is 0 Å². The Morgan fingerprint density at radius 1 is 0.375 bits per heavy atom. The van der Waals surface area contributed by atoms with Crippen LogP contribution in [-0.2, 0) is 0 Å². The first-order valence-corrected chi connectivity index (χ1v) is 21.3. The summed E-state index contributed by atoms with van der Waals surface area (Å²) in [6.45, 7) is 0. The summed E-state index contributed by atoms with van der Waals surface area (Å²) in [5.41, 5.74) is 9.28. The van der Waals surface area contributed by atoms with E-state index in [0.29, 0.717) is 34.0 Å². The second-order valence-corrected chi connectivity index (χ2v) is 18.7. The molecule has 0 saturated carbocycles. The van der Waals surface area contributed by atoms with Crippen LogP contribution >= 0.6 is 0 Å². The number of benzene rings is 8. The molecule has 10 aromatic rings. The summed E-state index contributed by atoms with van der Waals surface area (Å²) in [4.78, 5) is 13.1. The maximum absolute atomic E-state index is 7.05. The van der Waals surface area contributed by atoms with Gasteiger partial charge < -0.3 is 0 Å². The van der Waals surface area contributed by atoms with Gasteiger partial charge in [-0.2, -0.15) is 0 Å². The SMILES string of the molecule is c1ccc(-c2nc3c(N4c5ccccc5[SiH-](c5ccccc5)(c5ccccc5)c5ccccc54)c4oc(-c5ccccc5)nc4c(-c4ccccc4)c3o2)cc1. The fourth-order valence-corrected chi connectivity index (χ4v) is 14.9. The third-order valence-electron chi connectivity index (χ3n) is 11.4. The fourth-order valence-electron chi connectivity index (χ4n) is 9.05. The summed E-state index contributed by atoms with van der Waals surface area (Å²) >= 11 is 0. The van der Waals surface area contributed by atoms with Crippen LogP contribution in [0.1, 0.15) is 0 Å². The van der Waals surface area contributed by atoms with Crippen LogP contribution in [0.2, 0.25) is 0 Å². The number of nitrogens with zero attached hydrogens (tertiary/aromatic N) is 3. The van der Waals surface area contributed by atoms with Crippen molar-refractivity contribution < 1.29 is 8.83 Å². The molecule has 0 N–H and O–H groups in total. The van der Waals surface area contributed by atoms with Gasteiger partial charge in [0, 0.05) is 0 Å². The number of oxazole rings is 2. The standard InChI is InChI=1S/C50H34N3O2Si/c1-6-20-34(21-7-1)43-44-48(55-49(51-44)35-22-8-2-9-23-35)46(45-47(43)54-50(52-45)36-24-10-3-11-25-36)53-39-30-16-18-32-41(39)56(37-26-12-4-13-27-37,38-28-14-5-15-29-38)42-33-19-17-31-40(42)53/h1-33,56H/q-1. The number of aromatic nitrogens is 2. The van der Waals surface area contributed by atoms with Crippen LogP contribution < -0.4 is 25.6 Å². The molecule has 5 nitrogen and oxygen atoms in total. The van der Waals surface area contributed by atoms with Gasteiger partial charge in [-0.25, -0.2) is 0 Å². The first kappa shape index (κ1) is 32.2. The molecule has 0 saturated heterocycles. The van der Waals surface area contributed by atoms with E-state index in [1.807, 2.05) is 78.9 Å². The Bertz CT molecular complexity index is 2830. The van der Waals surface area contributed by atoms with E-state index in [9.17, 15) is 0 Å². The van der Waals surface area contributed by atoms with Gasteiger partial charge in [0.1, 0.15) is 0 Å². The topological polar surface area (TPSA) is 55.3 Å². The molecule has 8 aromatic carbocycles. The van der Waals surface area contributed by atoms with Crippen molar-refractivity contribution in [2.24, 2.45) is 0 Å². The van der Waals surface area contributed by atoms with E-state index in [1.165, 1.54) is 20.7 Å². The van der Waals surface area contributed by atoms with Gasteiger partial charge in [0.2, 0.25) is 0 Å². The summed E-state index contributed by atoms with van der Waals surface area (Å²) in [5.74, 6) is 1.07. The van der Waals surface area contributed by atoms with E-state index >= 15 is 0 Å². The molecular weight excluding hydrogens is 703 g/mol. The first-order valence-electron chi connectivity index (χ1n) is 19.0. The van der Waals surface area contributed by atoms with Gasteiger partial charge in [0.15, 0.2) is 0 Å². The minimum absolute atomic E-state index is 0.535. The van der Waals surface area contributed by atoms with Crippen LogP contribution in [0.25, 0.3) is 56.2 Å². The zero-order chi connectivity index (χ0) is 37.1. The summed E-state index contributed by atoms with van der Waals surface area (Å²) < 4.78 is 14.0. The molecule has 1 aliphatic rings. The summed E-state index contributed by atoms with van der Waals surface area (Å²) in [7, 11) is -3.32. The molecule has 0 unspecified atom stereocenters. The maximum atomic E-state index is 7.05. The van der Waals surface area contributed by atoms with Crippen molar-refractivity contribution in [2.45, 2.75) is 0 Å². The predicted molar refractivity (Wildman–Crippen MR) is 231 cm³/mol. The molecule has 0 radical (unpaired) electrons. The van der Waals surface area contributed by atoms with Crippen LogP contribution in [0.15, 0.2) is 209 Å². The van der Waals surface area contributed by atoms with Crippen LogP contribution in [0.3, 0.4) is 0 Å². The van der Waals surface area contributed by atoms with Crippen molar-refractivity contribution >= 4 is 68.1 Å². The van der Waals surface area contributed by atoms with Crippen LogP contribution in [-0.4, -0.2) is 18.0 Å². The van der Waals surface area contributed by atoms with Crippen LogP contribution in [0.4, 0.5) is 17.1 Å². The van der Waals surface area contributed by atoms with E-state index in [0.717, 1.165) is 39.3 Å². The van der Waals surface area contributed by atoms with Crippen molar-refractivity contribution in [1.29, 1.82) is 0 Å². The molecule has 0 aliphatic carbocycles. The van der Waals surface area contributed by atoms with E-state index in [1.54, 1.807) is 0 Å². The van der Waals surface area contributed by atoms with Crippen LogP contribution in [0.5, 0.6) is 0 Å². The molecule has 11 rings (SSSR count). The van der Waals surface area contributed by atoms with Crippen molar-refractivity contribution in [2.75, 3.05) is 4.90 Å². The zero-order valence-electron chi connectivity index (χ0n) is 30.3. The molecule has 2 aromatic heterocycles. The second kappa shape index (κ2) is 12.9. The van der Waals surface area contributed by atoms with Gasteiger partial charge in [-0.3, -0.25) is 0 Å². The quantitative estimate of drug-likeness (QED) is 0.159. The average molecular weight is 737 g/mol. The molecule has 0 fully saturated rings. The molecule has 266 valence electrons. The molecule has 6 heteroatoms. The normalized spacial score (nSPS) is 13.7. The van der Waals surface area contributed by atoms with Crippen molar-refractivity contribution in [3.05, 3.63) is 200 Å². The predicted octanol–water partition coefficient (Wildman–Crippen LogP) is 9.86. The second-order valence-electron chi connectivity index (χ2n) is 14.4. The van der Waals surface area contributed by atoms with Gasteiger partial charge >= 0.3 is 326 Å². The van der Waals surface area contributed by atoms with Crippen molar-refractivity contribution in [1.82, 2.24) is 9.97 Å². The van der Waals surface area contributed by atoms with Crippen LogP contribution in [0, 0.1) is 0 Å². The minimum atomic E-state index is -3.32. The molecular formula is C50H34N3O2Si-. The summed E-state index contributed by atoms with van der Waals surface area (Å²) in [6.07, 6.45) is 0. The van der Waals surface area contributed by atoms with E-state index < -0.39 is 8.07 Å². The Morgan fingerprint density at radius 2 is 0.768 bits per heavy atom. The summed E-state index contributed by atoms with van der Waals surface area (Å²) in [5, 5.41) is 5.30. The third-order valence-corrected chi connectivity index (χ3v) is 17.0. The fraction of sp³-hybridized carbons (Fsp3) is 0. The third kappa shape index (κ3) is 4.79. The molecule has 1 aliphatic heterocycles. The number of hydrogen-bond donors (Lipinski definition) is 0. The average Bonchev–Trinajstić information content (AvgIpc) is 3.92. The molecule has 0 atom stereocenters. The van der Waals surface area contributed by atoms with E-state index in [-0.39, 0.29) is 0 Å². The molecule has 0 spiro atoms. The zero-order valence-corrected chi connectivity index (χ0v) is 31.4. The first-order chi connectivity index (χ1) is 27.8. The Morgan fingerprint density at radius 3 is 1.27 bits per heavy atom. The Balaban J connectivity index is 1.30. The monoisotopic (exact) mass is 736 g/mol.